The number of para-hydroxylation sites is 1. The molecule has 0 bridgehead atoms. The number of hydrogen-bond donors (Lipinski definition) is 1. The van der Waals surface area contributed by atoms with Gasteiger partial charge in [0, 0.05) is 6.42 Å². The highest BCUT2D eigenvalue weighted by molar-refractivity contribution is 5.71. The highest BCUT2D eigenvalue weighted by atomic mass is 16.6. The van der Waals surface area contributed by atoms with E-state index in [9.17, 15) is 4.79 Å². The average molecular weight is 264 g/mol. The van der Waals surface area contributed by atoms with Crippen molar-refractivity contribution >= 4 is 5.97 Å². The van der Waals surface area contributed by atoms with E-state index >= 15 is 0 Å². The molecule has 1 saturated heterocycles. The fraction of sp³-hybridized carbons (Fsp3) is 0.533. The third kappa shape index (κ3) is 4.24. The number of nitrogens with one attached hydrogen (secondary N) is 1. The van der Waals surface area contributed by atoms with Crippen LogP contribution in [0.5, 0.6) is 5.75 Å². The number of carbonyl (C=O) groups is 1. The van der Waals surface area contributed by atoms with E-state index in [-0.39, 0.29) is 18.7 Å². The first-order valence-electron chi connectivity index (χ1n) is 6.84. The predicted molar refractivity (Wildman–Crippen MR) is 72.4 cm³/mol. The van der Waals surface area contributed by atoms with Gasteiger partial charge in [0.25, 0.3) is 0 Å². The fourth-order valence-electron chi connectivity index (χ4n) is 2.40. The van der Waals surface area contributed by atoms with Gasteiger partial charge in [-0.15, -0.1) is 0 Å². The molecule has 19 heavy (non-hydrogen) atoms. The zero-order valence-corrected chi connectivity index (χ0v) is 11.6. The molecule has 4 nitrogen and oxygen atoms in total. The van der Waals surface area contributed by atoms with Crippen molar-refractivity contribution in [3.63, 3.8) is 0 Å². The van der Waals surface area contributed by atoms with Crippen LogP contribution in [-0.2, 0) is 9.53 Å². The second-order valence-corrected chi connectivity index (χ2v) is 5.22. The Morgan fingerprint density at radius 3 is 2.95 bits per heavy atom. The molecule has 1 aromatic carbocycles. The Hall–Kier alpha value is -1.55. The number of esters is 1. The lowest BCUT2D eigenvalue weighted by Crippen LogP contribution is -3.11. The van der Waals surface area contributed by atoms with Crippen LogP contribution >= 0.6 is 0 Å². The average Bonchev–Trinajstić information content (AvgIpc) is 2.38. The van der Waals surface area contributed by atoms with Gasteiger partial charge in [-0.3, -0.25) is 0 Å². The van der Waals surface area contributed by atoms with Gasteiger partial charge in [-0.2, -0.15) is 0 Å². The van der Waals surface area contributed by atoms with Gasteiger partial charge in [0.05, 0.1) is 13.6 Å². The highest BCUT2D eigenvalue weighted by Gasteiger charge is 2.23. The van der Waals surface area contributed by atoms with E-state index in [1.807, 2.05) is 31.2 Å². The Kier molecular flexibility index (Phi) is 4.80. The molecule has 0 amide bonds. The summed E-state index contributed by atoms with van der Waals surface area (Å²) in [5.41, 5.74) is 1.03. The number of piperidine rings is 1. The molecule has 0 aliphatic carbocycles. The number of likely N-dealkylation sites (tertiary alicyclic amines) is 1. The highest BCUT2D eigenvalue weighted by Crippen LogP contribution is 2.16. The Morgan fingerprint density at radius 1 is 1.42 bits per heavy atom. The number of hydrogen-bond acceptors (Lipinski definition) is 3. The number of likely N-dealkylation sites (N-methyl/N-ethyl adjacent to an activating group) is 1. The monoisotopic (exact) mass is 264 g/mol. The Morgan fingerprint density at radius 2 is 2.21 bits per heavy atom. The van der Waals surface area contributed by atoms with E-state index in [0.29, 0.717) is 0 Å². The first kappa shape index (κ1) is 13.9. The number of rotatable bonds is 4. The maximum absolute atomic E-state index is 11.7. The molecule has 2 rings (SSSR count). The van der Waals surface area contributed by atoms with Crippen molar-refractivity contribution in [2.24, 2.45) is 0 Å². The van der Waals surface area contributed by atoms with E-state index in [1.165, 1.54) is 4.90 Å². The third-order valence-electron chi connectivity index (χ3n) is 3.44. The summed E-state index contributed by atoms with van der Waals surface area (Å²) in [7, 11) is 2.13. The Labute approximate surface area is 114 Å². The van der Waals surface area contributed by atoms with Crippen LogP contribution in [0.1, 0.15) is 18.4 Å². The summed E-state index contributed by atoms with van der Waals surface area (Å²) < 4.78 is 10.9. The normalized spacial score (nSPS) is 22.8. The standard InChI is InChI=1S/C15H21NO3/c1-12-6-3-4-8-14(12)18-11-15(17)19-13-7-5-9-16(2)10-13/h3-4,6,8,13H,5,7,9-11H2,1-2H3/p+1. The molecule has 0 saturated carbocycles. The number of benzene rings is 1. The number of aryl methyl sites for hydroxylation is 1. The molecule has 2 atom stereocenters. The molecular weight excluding hydrogens is 242 g/mol. The van der Waals surface area contributed by atoms with E-state index in [4.69, 9.17) is 9.47 Å². The number of ether oxygens (including phenoxy) is 2. The van der Waals surface area contributed by atoms with Crippen LogP contribution < -0.4 is 9.64 Å². The number of quaternary nitrogens is 1. The molecule has 2 unspecified atom stereocenters. The van der Waals surface area contributed by atoms with Gasteiger partial charge >= 0.3 is 5.97 Å². The molecule has 0 aromatic heterocycles. The zero-order chi connectivity index (χ0) is 13.7. The summed E-state index contributed by atoms with van der Waals surface area (Å²) in [4.78, 5) is 13.2. The molecule has 0 radical (unpaired) electrons. The summed E-state index contributed by atoms with van der Waals surface area (Å²) in [5.74, 6) is 0.466. The third-order valence-corrected chi connectivity index (χ3v) is 3.44. The maximum Gasteiger partial charge on any atom is 0.344 e. The van der Waals surface area contributed by atoms with Crippen LogP contribution in [0, 0.1) is 6.92 Å². The van der Waals surface area contributed by atoms with Crippen molar-refractivity contribution < 1.29 is 19.2 Å². The Balaban J connectivity index is 1.77. The van der Waals surface area contributed by atoms with Crippen molar-refractivity contribution in [2.45, 2.75) is 25.9 Å². The molecular formula is C15H22NO3+. The molecule has 1 aliphatic rings. The molecule has 4 heteroatoms. The van der Waals surface area contributed by atoms with Crippen LogP contribution in [0.2, 0.25) is 0 Å². The molecule has 1 heterocycles. The van der Waals surface area contributed by atoms with Crippen molar-refractivity contribution in [1.29, 1.82) is 0 Å². The molecule has 1 aliphatic heterocycles. The van der Waals surface area contributed by atoms with Gasteiger partial charge in [0.1, 0.15) is 12.3 Å². The second kappa shape index (κ2) is 6.57. The second-order valence-electron chi connectivity index (χ2n) is 5.22. The van der Waals surface area contributed by atoms with Crippen molar-refractivity contribution in [2.75, 3.05) is 26.7 Å². The summed E-state index contributed by atoms with van der Waals surface area (Å²) in [6.07, 6.45) is 2.12. The van der Waals surface area contributed by atoms with E-state index < -0.39 is 0 Å². The predicted octanol–water partition coefficient (Wildman–Crippen LogP) is 0.594. The van der Waals surface area contributed by atoms with Crippen LogP contribution in [0.3, 0.4) is 0 Å². The van der Waals surface area contributed by atoms with Crippen molar-refractivity contribution in [3.8, 4) is 5.75 Å². The molecule has 1 N–H and O–H groups in total. The number of carbonyl (C=O) groups excluding carboxylic acids is 1. The van der Waals surface area contributed by atoms with Gasteiger partial charge in [-0.1, -0.05) is 18.2 Å². The van der Waals surface area contributed by atoms with Gasteiger partial charge in [0.2, 0.25) is 0 Å². The smallest absolute Gasteiger partial charge is 0.344 e. The molecule has 0 spiro atoms. The zero-order valence-electron chi connectivity index (χ0n) is 11.6. The minimum absolute atomic E-state index is 0.0135. The summed E-state index contributed by atoms with van der Waals surface area (Å²) in [6.45, 7) is 4.00. The first-order chi connectivity index (χ1) is 9.15. The summed E-state index contributed by atoms with van der Waals surface area (Å²) in [5, 5.41) is 0. The van der Waals surface area contributed by atoms with Gasteiger partial charge in [0.15, 0.2) is 12.7 Å². The van der Waals surface area contributed by atoms with E-state index in [0.717, 1.165) is 37.2 Å². The fourth-order valence-corrected chi connectivity index (χ4v) is 2.40. The molecule has 104 valence electrons. The lowest BCUT2D eigenvalue weighted by molar-refractivity contribution is -0.888. The lowest BCUT2D eigenvalue weighted by atomic mass is 10.1. The largest absolute Gasteiger partial charge is 0.482 e. The SMILES string of the molecule is Cc1ccccc1OCC(=O)OC1CCC[NH+](C)C1. The van der Waals surface area contributed by atoms with Crippen molar-refractivity contribution in [3.05, 3.63) is 29.8 Å². The first-order valence-corrected chi connectivity index (χ1v) is 6.84. The minimum Gasteiger partial charge on any atom is -0.482 e. The van der Waals surface area contributed by atoms with Crippen LogP contribution in [0.4, 0.5) is 0 Å². The molecule has 1 fully saturated rings. The van der Waals surface area contributed by atoms with Crippen LogP contribution in [-0.4, -0.2) is 38.8 Å². The summed E-state index contributed by atoms with van der Waals surface area (Å²) in [6, 6.07) is 7.66. The van der Waals surface area contributed by atoms with Crippen molar-refractivity contribution in [1.82, 2.24) is 0 Å². The van der Waals surface area contributed by atoms with E-state index in [1.54, 1.807) is 0 Å². The quantitative estimate of drug-likeness (QED) is 0.809. The van der Waals surface area contributed by atoms with Crippen LogP contribution in [0.25, 0.3) is 0 Å². The maximum atomic E-state index is 11.7. The van der Waals surface area contributed by atoms with Gasteiger partial charge in [-0.25, -0.2) is 4.79 Å². The van der Waals surface area contributed by atoms with Crippen LogP contribution in [0.15, 0.2) is 24.3 Å². The Bertz CT molecular complexity index is 433. The summed E-state index contributed by atoms with van der Waals surface area (Å²) >= 11 is 0. The minimum atomic E-state index is -0.275. The van der Waals surface area contributed by atoms with Gasteiger partial charge in [-0.05, 0) is 25.0 Å². The topological polar surface area (TPSA) is 40.0 Å². The molecule has 1 aromatic rings. The lowest BCUT2D eigenvalue weighted by Gasteiger charge is -2.26. The van der Waals surface area contributed by atoms with E-state index in [2.05, 4.69) is 7.05 Å². The van der Waals surface area contributed by atoms with Gasteiger partial charge < -0.3 is 14.4 Å².